The number of hydrogen-bond acceptors (Lipinski definition) is 1. The Labute approximate surface area is 192 Å². The van der Waals surface area contributed by atoms with E-state index in [4.69, 9.17) is 4.74 Å². The molecule has 0 aliphatic heterocycles. The molecule has 3 heteroatoms. The minimum atomic E-state index is -0.947. The Morgan fingerprint density at radius 1 is 0.875 bits per heavy atom. The topological polar surface area (TPSA) is 9.23 Å². The summed E-state index contributed by atoms with van der Waals surface area (Å²) in [5.74, 6) is -0.427. The monoisotopic (exact) mass is 440 g/mol. The highest BCUT2D eigenvalue weighted by atomic mass is 19.2. The highest BCUT2D eigenvalue weighted by Gasteiger charge is 2.22. The van der Waals surface area contributed by atoms with Crippen molar-refractivity contribution in [3.63, 3.8) is 0 Å². The molecular formula is C29H38F2O. The predicted molar refractivity (Wildman–Crippen MR) is 130 cm³/mol. The van der Waals surface area contributed by atoms with Crippen molar-refractivity contribution in [1.82, 2.24) is 0 Å². The normalized spacial score (nSPS) is 18.5. The van der Waals surface area contributed by atoms with Crippen molar-refractivity contribution in [3.05, 3.63) is 66.3 Å². The average Bonchev–Trinajstić information content (AvgIpc) is 2.83. The van der Waals surface area contributed by atoms with E-state index in [9.17, 15) is 8.78 Å². The second kappa shape index (κ2) is 12.8. The summed E-state index contributed by atoms with van der Waals surface area (Å²) < 4.78 is 34.1. The van der Waals surface area contributed by atoms with Gasteiger partial charge in [0.05, 0.1) is 0 Å². The molecule has 0 saturated heterocycles. The maximum Gasteiger partial charge on any atom is 0.201 e. The molecule has 0 bridgehead atoms. The largest absolute Gasteiger partial charge is 0.486 e. The lowest BCUT2D eigenvalue weighted by Crippen LogP contribution is -2.13. The molecule has 1 nitrogen and oxygen atoms in total. The zero-order chi connectivity index (χ0) is 22.8. The van der Waals surface area contributed by atoms with Gasteiger partial charge in [0.15, 0.2) is 11.6 Å². The maximum atomic E-state index is 14.6. The van der Waals surface area contributed by atoms with Crippen LogP contribution in [0.4, 0.5) is 8.78 Å². The summed E-state index contributed by atoms with van der Waals surface area (Å²) in [7, 11) is 0. The van der Waals surface area contributed by atoms with Gasteiger partial charge in [0.25, 0.3) is 0 Å². The van der Waals surface area contributed by atoms with Gasteiger partial charge in [0.2, 0.25) is 5.82 Å². The van der Waals surface area contributed by atoms with Crippen LogP contribution in [0.1, 0.15) is 89.0 Å². The molecule has 0 unspecified atom stereocenters. The third-order valence-corrected chi connectivity index (χ3v) is 6.91. The molecule has 0 aromatic heterocycles. The van der Waals surface area contributed by atoms with Crippen LogP contribution in [0.2, 0.25) is 0 Å². The van der Waals surface area contributed by atoms with Crippen molar-refractivity contribution in [2.45, 2.75) is 83.5 Å². The van der Waals surface area contributed by atoms with Crippen LogP contribution in [0.15, 0.2) is 49.1 Å². The first-order valence-electron chi connectivity index (χ1n) is 12.5. The molecule has 1 saturated carbocycles. The number of unbranched alkanes of at least 4 members (excludes halogenated alkanes) is 5. The van der Waals surface area contributed by atoms with Crippen molar-refractivity contribution in [2.24, 2.45) is 5.92 Å². The number of hydrogen-bond donors (Lipinski definition) is 0. The highest BCUT2D eigenvalue weighted by molar-refractivity contribution is 5.65. The molecule has 3 rings (SSSR count). The van der Waals surface area contributed by atoms with Gasteiger partial charge >= 0.3 is 0 Å². The molecule has 0 atom stereocenters. The Hall–Kier alpha value is -2.16. The standard InChI is InChI=1S/C29H38F2O/c1-3-5-6-7-8-9-10-22-11-13-23(14-12-22)24-15-17-25(18-16-24)26-19-20-27(32-21-4-2)29(31)28(26)30/h4,15-20,22-23H,2-3,5-14,21H2,1H3. The Bertz CT molecular complexity index is 835. The molecule has 0 amide bonds. The van der Waals surface area contributed by atoms with Crippen molar-refractivity contribution in [3.8, 4) is 16.9 Å². The first kappa shape index (κ1) is 24.5. The van der Waals surface area contributed by atoms with Crippen LogP contribution in [0.5, 0.6) is 5.75 Å². The van der Waals surface area contributed by atoms with E-state index >= 15 is 0 Å². The number of halogens is 2. The third kappa shape index (κ3) is 6.67. The molecule has 0 spiro atoms. The lowest BCUT2D eigenvalue weighted by Gasteiger charge is -2.29. The van der Waals surface area contributed by atoms with Gasteiger partial charge in [-0.15, -0.1) is 0 Å². The summed E-state index contributed by atoms with van der Waals surface area (Å²) >= 11 is 0. The second-order valence-electron chi connectivity index (χ2n) is 9.24. The van der Waals surface area contributed by atoms with Gasteiger partial charge in [-0.3, -0.25) is 0 Å². The fourth-order valence-corrected chi connectivity index (χ4v) is 4.95. The van der Waals surface area contributed by atoms with Crippen LogP contribution in [0.3, 0.4) is 0 Å². The molecular weight excluding hydrogens is 402 g/mol. The van der Waals surface area contributed by atoms with Crippen molar-refractivity contribution < 1.29 is 13.5 Å². The van der Waals surface area contributed by atoms with Crippen LogP contribution in [0.25, 0.3) is 11.1 Å². The minimum absolute atomic E-state index is 0.0829. The van der Waals surface area contributed by atoms with E-state index in [0.29, 0.717) is 11.5 Å². The van der Waals surface area contributed by atoms with E-state index in [0.717, 1.165) is 5.92 Å². The third-order valence-electron chi connectivity index (χ3n) is 6.91. The Morgan fingerprint density at radius 3 is 2.25 bits per heavy atom. The van der Waals surface area contributed by atoms with Gasteiger partial charge in [-0.25, -0.2) is 4.39 Å². The van der Waals surface area contributed by atoms with E-state index in [1.807, 2.05) is 12.1 Å². The van der Waals surface area contributed by atoms with Gasteiger partial charge in [0, 0.05) is 5.56 Å². The van der Waals surface area contributed by atoms with Gasteiger partial charge in [-0.05, 0) is 60.8 Å². The van der Waals surface area contributed by atoms with E-state index < -0.39 is 11.6 Å². The second-order valence-corrected chi connectivity index (χ2v) is 9.24. The highest BCUT2D eigenvalue weighted by Crippen LogP contribution is 2.39. The maximum absolute atomic E-state index is 14.6. The van der Waals surface area contributed by atoms with Crippen LogP contribution < -0.4 is 4.74 Å². The van der Waals surface area contributed by atoms with Crippen LogP contribution >= 0.6 is 0 Å². The summed E-state index contributed by atoms with van der Waals surface area (Å²) in [6.45, 7) is 5.94. The number of ether oxygens (including phenoxy) is 1. The van der Waals surface area contributed by atoms with E-state index in [2.05, 4.69) is 25.6 Å². The Kier molecular flexibility index (Phi) is 9.77. The van der Waals surface area contributed by atoms with E-state index in [-0.39, 0.29) is 17.9 Å². The first-order chi connectivity index (χ1) is 15.6. The lowest BCUT2D eigenvalue weighted by atomic mass is 9.77. The number of benzene rings is 2. The van der Waals surface area contributed by atoms with Crippen molar-refractivity contribution in [2.75, 3.05) is 6.61 Å². The zero-order valence-corrected chi connectivity index (χ0v) is 19.6. The Balaban J connectivity index is 1.51. The summed E-state index contributed by atoms with van der Waals surface area (Å²) in [6, 6.07) is 11.1. The van der Waals surface area contributed by atoms with Gasteiger partial charge in [-0.1, -0.05) is 88.8 Å². The summed E-state index contributed by atoms with van der Waals surface area (Å²) in [5.41, 5.74) is 2.28. The molecule has 1 aliphatic carbocycles. The molecule has 0 heterocycles. The summed E-state index contributed by atoms with van der Waals surface area (Å²) in [4.78, 5) is 0. The molecule has 0 N–H and O–H groups in total. The van der Waals surface area contributed by atoms with Crippen LogP contribution in [0, 0.1) is 17.6 Å². The molecule has 174 valence electrons. The van der Waals surface area contributed by atoms with E-state index in [1.54, 1.807) is 6.07 Å². The molecule has 1 aliphatic rings. The SMILES string of the molecule is C=CCOc1ccc(-c2ccc(C3CCC(CCCCCCCC)CC3)cc2)c(F)c1F. The quantitative estimate of drug-likeness (QED) is 0.236. The first-order valence-corrected chi connectivity index (χ1v) is 12.5. The van der Waals surface area contributed by atoms with Gasteiger partial charge in [-0.2, -0.15) is 4.39 Å². The molecule has 0 radical (unpaired) electrons. The fraction of sp³-hybridized carbons (Fsp3) is 0.517. The molecule has 2 aromatic rings. The summed E-state index contributed by atoms with van der Waals surface area (Å²) in [5, 5.41) is 0. The van der Waals surface area contributed by atoms with Crippen LogP contribution in [-0.4, -0.2) is 6.61 Å². The average molecular weight is 441 g/mol. The fourth-order valence-electron chi connectivity index (χ4n) is 4.95. The molecule has 1 fully saturated rings. The smallest absolute Gasteiger partial charge is 0.201 e. The molecule has 32 heavy (non-hydrogen) atoms. The summed E-state index contributed by atoms with van der Waals surface area (Å²) in [6.07, 6.45) is 16.2. The number of rotatable bonds is 12. The molecule has 2 aromatic carbocycles. The van der Waals surface area contributed by atoms with Crippen LogP contribution in [-0.2, 0) is 0 Å². The zero-order valence-electron chi connectivity index (χ0n) is 19.6. The lowest BCUT2D eigenvalue weighted by molar-refractivity contribution is 0.302. The minimum Gasteiger partial charge on any atom is -0.486 e. The van der Waals surface area contributed by atoms with Gasteiger partial charge in [0.1, 0.15) is 6.61 Å². The predicted octanol–water partition coefficient (Wildman–Crippen LogP) is 9.22. The Morgan fingerprint density at radius 2 is 1.56 bits per heavy atom. The van der Waals surface area contributed by atoms with Gasteiger partial charge < -0.3 is 4.74 Å². The van der Waals surface area contributed by atoms with Crippen molar-refractivity contribution in [1.29, 1.82) is 0 Å². The van der Waals surface area contributed by atoms with Crippen molar-refractivity contribution >= 4 is 0 Å². The van der Waals surface area contributed by atoms with E-state index in [1.165, 1.54) is 88.3 Å².